The molecule has 0 bridgehead atoms. The van der Waals surface area contributed by atoms with Gasteiger partial charge in [0, 0.05) is 6.04 Å². The quantitative estimate of drug-likeness (QED) is 0.803. The summed E-state index contributed by atoms with van der Waals surface area (Å²) in [5, 5.41) is 0. The molecule has 2 atom stereocenters. The van der Waals surface area contributed by atoms with Gasteiger partial charge in [-0.1, -0.05) is 19.9 Å². The molecule has 1 aromatic rings. The molecule has 0 saturated heterocycles. The summed E-state index contributed by atoms with van der Waals surface area (Å²) in [5.74, 6) is -1.10. The molecule has 2 rings (SSSR count). The van der Waals surface area contributed by atoms with Crippen LogP contribution in [0.4, 0.5) is 17.6 Å². The molecule has 0 aromatic heterocycles. The summed E-state index contributed by atoms with van der Waals surface area (Å²) in [5.41, 5.74) is 5.11. The molecular formula is C13H15F4N. The molecule has 2 N–H and O–H groups in total. The van der Waals surface area contributed by atoms with Gasteiger partial charge in [0.25, 0.3) is 0 Å². The van der Waals surface area contributed by atoms with Gasteiger partial charge in [0.2, 0.25) is 0 Å². The molecule has 0 spiro atoms. The van der Waals surface area contributed by atoms with Crippen LogP contribution in [-0.2, 0) is 6.18 Å². The Labute approximate surface area is 103 Å². The second kappa shape index (κ2) is 3.95. The third kappa shape index (κ3) is 2.36. The van der Waals surface area contributed by atoms with Crippen molar-refractivity contribution in [1.29, 1.82) is 0 Å². The van der Waals surface area contributed by atoms with E-state index in [1.165, 1.54) is 6.07 Å². The number of alkyl halides is 3. The monoisotopic (exact) mass is 261 g/mol. The van der Waals surface area contributed by atoms with Crippen molar-refractivity contribution < 1.29 is 17.6 Å². The fraction of sp³-hybridized carbons (Fsp3) is 0.538. The maximum absolute atomic E-state index is 13.1. The van der Waals surface area contributed by atoms with Crippen molar-refractivity contribution in [3.8, 4) is 0 Å². The first kappa shape index (κ1) is 13.3. The van der Waals surface area contributed by atoms with Crippen LogP contribution >= 0.6 is 0 Å². The van der Waals surface area contributed by atoms with E-state index in [4.69, 9.17) is 5.73 Å². The fourth-order valence-electron chi connectivity index (χ4n) is 2.32. The molecule has 0 aliphatic heterocycles. The van der Waals surface area contributed by atoms with E-state index >= 15 is 0 Å². The van der Waals surface area contributed by atoms with E-state index in [0.29, 0.717) is 5.56 Å². The van der Waals surface area contributed by atoms with Gasteiger partial charge in [0.1, 0.15) is 5.82 Å². The SMILES string of the molecule is CC1(C)CC1C(N)c1ccc(F)c(C(F)(F)F)c1. The average molecular weight is 261 g/mol. The number of hydrogen-bond donors (Lipinski definition) is 1. The number of rotatable bonds is 2. The van der Waals surface area contributed by atoms with Crippen molar-refractivity contribution in [3.63, 3.8) is 0 Å². The molecule has 0 heterocycles. The normalized spacial score (nSPS) is 23.8. The minimum Gasteiger partial charge on any atom is -0.324 e. The van der Waals surface area contributed by atoms with Crippen LogP contribution in [0.5, 0.6) is 0 Å². The Kier molecular flexibility index (Phi) is 2.93. The van der Waals surface area contributed by atoms with Crippen molar-refractivity contribution in [2.45, 2.75) is 32.5 Å². The second-order valence-corrected chi connectivity index (χ2v) is 5.56. The molecule has 18 heavy (non-hydrogen) atoms. The van der Waals surface area contributed by atoms with E-state index in [1.54, 1.807) is 0 Å². The molecule has 5 heteroatoms. The Balaban J connectivity index is 2.31. The fourth-order valence-corrected chi connectivity index (χ4v) is 2.32. The first-order valence-electron chi connectivity index (χ1n) is 5.75. The summed E-state index contributed by atoms with van der Waals surface area (Å²) >= 11 is 0. The topological polar surface area (TPSA) is 26.0 Å². The first-order chi connectivity index (χ1) is 8.13. The van der Waals surface area contributed by atoms with Gasteiger partial charge < -0.3 is 5.73 Å². The summed E-state index contributed by atoms with van der Waals surface area (Å²) in [7, 11) is 0. The van der Waals surface area contributed by atoms with Gasteiger partial charge in [-0.05, 0) is 35.4 Å². The zero-order valence-corrected chi connectivity index (χ0v) is 10.2. The molecule has 100 valence electrons. The Bertz CT molecular complexity index is 465. The summed E-state index contributed by atoms with van der Waals surface area (Å²) < 4.78 is 50.9. The highest BCUT2D eigenvalue weighted by atomic mass is 19.4. The van der Waals surface area contributed by atoms with Gasteiger partial charge >= 0.3 is 6.18 Å². The van der Waals surface area contributed by atoms with Crippen LogP contribution in [0.1, 0.15) is 37.4 Å². The predicted octanol–water partition coefficient (Wildman–Crippen LogP) is 3.89. The minimum absolute atomic E-state index is 0.0617. The van der Waals surface area contributed by atoms with Crippen LogP contribution in [0.15, 0.2) is 18.2 Å². The Morgan fingerprint density at radius 1 is 1.33 bits per heavy atom. The zero-order chi connectivity index (χ0) is 13.7. The van der Waals surface area contributed by atoms with Crippen LogP contribution < -0.4 is 5.73 Å². The van der Waals surface area contributed by atoms with Crippen LogP contribution in [0.25, 0.3) is 0 Å². The van der Waals surface area contributed by atoms with Crippen molar-refractivity contribution in [3.05, 3.63) is 35.1 Å². The summed E-state index contributed by atoms with van der Waals surface area (Å²) in [4.78, 5) is 0. The standard InChI is InChI=1S/C13H15F4N/c1-12(2)6-9(12)11(18)7-3-4-10(14)8(5-7)13(15,16)17/h3-5,9,11H,6,18H2,1-2H3. The lowest BCUT2D eigenvalue weighted by atomic mass is 9.96. The average Bonchev–Trinajstić information content (AvgIpc) is 2.86. The van der Waals surface area contributed by atoms with E-state index in [1.807, 2.05) is 13.8 Å². The third-order valence-electron chi connectivity index (χ3n) is 3.70. The maximum Gasteiger partial charge on any atom is 0.419 e. The van der Waals surface area contributed by atoms with E-state index in [2.05, 4.69) is 0 Å². The van der Waals surface area contributed by atoms with E-state index < -0.39 is 23.6 Å². The second-order valence-electron chi connectivity index (χ2n) is 5.56. The lowest BCUT2D eigenvalue weighted by Crippen LogP contribution is -2.17. The molecule has 0 radical (unpaired) electrons. The minimum atomic E-state index is -4.68. The van der Waals surface area contributed by atoms with Crippen LogP contribution in [0.2, 0.25) is 0 Å². The van der Waals surface area contributed by atoms with Crippen LogP contribution in [-0.4, -0.2) is 0 Å². The number of benzene rings is 1. The van der Waals surface area contributed by atoms with Gasteiger partial charge in [-0.25, -0.2) is 4.39 Å². The van der Waals surface area contributed by atoms with Crippen molar-refractivity contribution >= 4 is 0 Å². The zero-order valence-electron chi connectivity index (χ0n) is 10.2. The first-order valence-corrected chi connectivity index (χ1v) is 5.75. The summed E-state index contributed by atoms with van der Waals surface area (Å²) in [6, 6.07) is 2.53. The largest absolute Gasteiger partial charge is 0.419 e. The molecule has 1 saturated carbocycles. The van der Waals surface area contributed by atoms with E-state index in [9.17, 15) is 17.6 Å². The Morgan fingerprint density at radius 2 is 1.89 bits per heavy atom. The van der Waals surface area contributed by atoms with Crippen LogP contribution in [0, 0.1) is 17.2 Å². The summed E-state index contributed by atoms with van der Waals surface area (Å²) in [6.07, 6.45) is -3.80. The lowest BCUT2D eigenvalue weighted by Gasteiger charge is -2.16. The van der Waals surface area contributed by atoms with Crippen molar-refractivity contribution in [2.75, 3.05) is 0 Å². The molecular weight excluding hydrogens is 246 g/mol. The van der Waals surface area contributed by atoms with Gasteiger partial charge in [-0.3, -0.25) is 0 Å². The highest BCUT2D eigenvalue weighted by Gasteiger charge is 2.49. The highest BCUT2D eigenvalue weighted by Crippen LogP contribution is 2.57. The number of halogens is 4. The van der Waals surface area contributed by atoms with Crippen LogP contribution in [0.3, 0.4) is 0 Å². The third-order valence-corrected chi connectivity index (χ3v) is 3.70. The van der Waals surface area contributed by atoms with Gasteiger partial charge in [0.05, 0.1) is 5.56 Å². The Hall–Kier alpha value is -1.10. The number of hydrogen-bond acceptors (Lipinski definition) is 1. The highest BCUT2D eigenvalue weighted by molar-refractivity contribution is 5.31. The smallest absolute Gasteiger partial charge is 0.324 e. The van der Waals surface area contributed by atoms with E-state index in [0.717, 1.165) is 18.6 Å². The maximum atomic E-state index is 13.1. The Morgan fingerprint density at radius 3 is 2.33 bits per heavy atom. The molecule has 1 aliphatic rings. The summed E-state index contributed by atoms with van der Waals surface area (Å²) in [6.45, 7) is 4.04. The molecule has 1 fully saturated rings. The molecule has 2 unspecified atom stereocenters. The van der Waals surface area contributed by atoms with E-state index in [-0.39, 0.29) is 11.3 Å². The van der Waals surface area contributed by atoms with Gasteiger partial charge in [0.15, 0.2) is 0 Å². The number of nitrogens with two attached hydrogens (primary N) is 1. The molecule has 0 amide bonds. The van der Waals surface area contributed by atoms with Gasteiger partial charge in [-0.2, -0.15) is 13.2 Å². The van der Waals surface area contributed by atoms with Crippen molar-refractivity contribution in [2.24, 2.45) is 17.1 Å². The molecule has 1 aliphatic carbocycles. The lowest BCUT2D eigenvalue weighted by molar-refractivity contribution is -0.140. The van der Waals surface area contributed by atoms with Gasteiger partial charge in [-0.15, -0.1) is 0 Å². The molecule has 1 nitrogen and oxygen atoms in total. The van der Waals surface area contributed by atoms with Crippen molar-refractivity contribution in [1.82, 2.24) is 0 Å². The molecule has 1 aromatic carbocycles. The predicted molar refractivity (Wildman–Crippen MR) is 60.2 cm³/mol.